The van der Waals surface area contributed by atoms with Crippen molar-refractivity contribution in [1.29, 1.82) is 0 Å². The average Bonchev–Trinajstić information content (AvgIpc) is 2.71. The van der Waals surface area contributed by atoms with Gasteiger partial charge in [0.2, 0.25) is 0 Å². The summed E-state index contributed by atoms with van der Waals surface area (Å²) < 4.78 is 23.4. The molecule has 0 amide bonds. The lowest BCUT2D eigenvalue weighted by molar-refractivity contribution is 0.579. The van der Waals surface area contributed by atoms with Gasteiger partial charge in [0, 0.05) is 18.0 Å². The first-order valence-corrected chi connectivity index (χ1v) is 8.36. The summed E-state index contributed by atoms with van der Waals surface area (Å²) in [6.07, 6.45) is 4.05. The van der Waals surface area contributed by atoms with Gasteiger partial charge in [0.1, 0.15) is 0 Å². The van der Waals surface area contributed by atoms with Crippen molar-refractivity contribution in [2.45, 2.75) is 44.4 Å². The van der Waals surface area contributed by atoms with Crippen LogP contribution in [0.25, 0.3) is 0 Å². The fraction of sp³-hybridized carbons (Fsp3) is 0.571. The van der Waals surface area contributed by atoms with Crippen LogP contribution in [-0.2, 0) is 9.84 Å². The zero-order valence-electron chi connectivity index (χ0n) is 11.2. The van der Waals surface area contributed by atoms with Gasteiger partial charge in [-0.15, -0.1) is 0 Å². The molecule has 1 saturated carbocycles. The third-order valence-electron chi connectivity index (χ3n) is 3.86. The molecule has 1 aromatic rings. The molecule has 2 rings (SSSR count). The van der Waals surface area contributed by atoms with Crippen molar-refractivity contribution < 1.29 is 8.42 Å². The number of sulfone groups is 1. The van der Waals surface area contributed by atoms with E-state index < -0.39 is 9.84 Å². The Labute approximate surface area is 110 Å². The van der Waals surface area contributed by atoms with Gasteiger partial charge in [-0.25, -0.2) is 8.42 Å². The summed E-state index contributed by atoms with van der Waals surface area (Å²) in [5.41, 5.74) is 3.51. The monoisotopic (exact) mass is 267 g/mol. The van der Waals surface area contributed by atoms with Crippen molar-refractivity contribution in [2.24, 2.45) is 0 Å². The van der Waals surface area contributed by atoms with Crippen LogP contribution in [0.5, 0.6) is 0 Å². The Morgan fingerprint density at radius 1 is 1.17 bits per heavy atom. The fourth-order valence-electron chi connectivity index (χ4n) is 2.65. The molecule has 1 N–H and O–H groups in total. The van der Waals surface area contributed by atoms with Crippen LogP contribution in [-0.4, -0.2) is 26.0 Å². The summed E-state index contributed by atoms with van der Waals surface area (Å²) in [4.78, 5) is 0. The lowest BCUT2D eigenvalue weighted by Crippen LogP contribution is -2.34. The van der Waals surface area contributed by atoms with Gasteiger partial charge in [-0.05, 0) is 56.4 Å². The van der Waals surface area contributed by atoms with Crippen LogP contribution in [0, 0.1) is 13.8 Å². The van der Waals surface area contributed by atoms with Crippen LogP contribution < -0.4 is 5.32 Å². The van der Waals surface area contributed by atoms with Gasteiger partial charge in [0.15, 0.2) is 9.84 Å². The van der Waals surface area contributed by atoms with E-state index in [2.05, 4.69) is 31.3 Å². The van der Waals surface area contributed by atoms with E-state index in [-0.39, 0.29) is 11.3 Å². The first kappa shape index (κ1) is 13.4. The minimum atomic E-state index is -2.95. The highest BCUT2D eigenvalue weighted by atomic mass is 32.2. The Kier molecular flexibility index (Phi) is 3.66. The third-order valence-corrected chi connectivity index (χ3v) is 5.53. The van der Waals surface area contributed by atoms with Crippen molar-refractivity contribution in [3.05, 3.63) is 29.3 Å². The zero-order chi connectivity index (χ0) is 13.3. The molecule has 0 spiro atoms. The van der Waals surface area contributed by atoms with Crippen LogP contribution in [0.4, 0.5) is 5.69 Å². The Morgan fingerprint density at radius 3 is 2.50 bits per heavy atom. The maximum absolute atomic E-state index is 11.7. The molecule has 1 aliphatic rings. The highest BCUT2D eigenvalue weighted by molar-refractivity contribution is 7.91. The van der Waals surface area contributed by atoms with E-state index in [9.17, 15) is 8.42 Å². The average molecular weight is 267 g/mol. The topological polar surface area (TPSA) is 46.2 Å². The summed E-state index contributed by atoms with van der Waals surface area (Å²) in [7, 11) is -2.95. The van der Waals surface area contributed by atoms with Gasteiger partial charge in [0.05, 0.1) is 5.25 Å². The summed E-state index contributed by atoms with van der Waals surface area (Å²) in [6.45, 7) is 4.15. The molecule has 0 aliphatic heterocycles. The van der Waals surface area contributed by atoms with Crippen molar-refractivity contribution in [1.82, 2.24) is 0 Å². The molecule has 2 unspecified atom stereocenters. The minimum absolute atomic E-state index is 0.0575. The van der Waals surface area contributed by atoms with Crippen molar-refractivity contribution in [2.75, 3.05) is 11.6 Å². The molecule has 2 atom stereocenters. The number of benzene rings is 1. The van der Waals surface area contributed by atoms with Crippen LogP contribution >= 0.6 is 0 Å². The number of rotatable bonds is 3. The van der Waals surface area contributed by atoms with Crippen LogP contribution in [0.3, 0.4) is 0 Å². The molecule has 100 valence electrons. The Morgan fingerprint density at radius 2 is 1.89 bits per heavy atom. The van der Waals surface area contributed by atoms with Crippen LogP contribution in [0.1, 0.15) is 30.4 Å². The molecule has 0 aromatic heterocycles. The molecule has 0 saturated heterocycles. The van der Waals surface area contributed by atoms with E-state index >= 15 is 0 Å². The van der Waals surface area contributed by atoms with Crippen LogP contribution in [0.15, 0.2) is 18.2 Å². The first-order valence-electron chi connectivity index (χ1n) is 6.40. The highest BCUT2D eigenvalue weighted by Crippen LogP contribution is 2.28. The second-order valence-corrected chi connectivity index (χ2v) is 7.61. The van der Waals surface area contributed by atoms with E-state index in [1.807, 2.05) is 6.07 Å². The van der Waals surface area contributed by atoms with E-state index in [4.69, 9.17) is 0 Å². The Hall–Kier alpha value is -1.03. The highest BCUT2D eigenvalue weighted by Gasteiger charge is 2.34. The van der Waals surface area contributed by atoms with E-state index in [1.54, 1.807) is 0 Å². The number of aryl methyl sites for hydroxylation is 2. The van der Waals surface area contributed by atoms with E-state index in [1.165, 1.54) is 17.4 Å². The van der Waals surface area contributed by atoms with Crippen LogP contribution in [0.2, 0.25) is 0 Å². The summed E-state index contributed by atoms with van der Waals surface area (Å²) in [5.74, 6) is 0. The standard InChI is InChI=1S/C14H21NO2S/c1-10-7-8-12(9-11(10)2)15-13-5-4-6-14(13)18(3,16)17/h7-9,13-15H,4-6H2,1-3H3. The molecule has 0 radical (unpaired) electrons. The maximum Gasteiger partial charge on any atom is 0.152 e. The second kappa shape index (κ2) is 4.92. The Bertz CT molecular complexity index is 537. The number of hydrogen-bond donors (Lipinski definition) is 1. The molecule has 4 heteroatoms. The molecule has 18 heavy (non-hydrogen) atoms. The zero-order valence-corrected chi connectivity index (χ0v) is 12.0. The van der Waals surface area contributed by atoms with Crippen molar-refractivity contribution in [3.63, 3.8) is 0 Å². The second-order valence-electron chi connectivity index (χ2n) is 5.35. The fourth-order valence-corrected chi connectivity index (χ4v) is 4.04. The smallest absolute Gasteiger partial charge is 0.152 e. The molecular weight excluding hydrogens is 246 g/mol. The minimum Gasteiger partial charge on any atom is -0.381 e. The molecule has 0 heterocycles. The summed E-state index contributed by atoms with van der Waals surface area (Å²) in [5, 5.41) is 3.15. The summed E-state index contributed by atoms with van der Waals surface area (Å²) in [6, 6.07) is 6.25. The van der Waals surface area contributed by atoms with Gasteiger partial charge in [-0.1, -0.05) is 6.07 Å². The maximum atomic E-state index is 11.7. The predicted octanol–water partition coefficient (Wildman–Crippen LogP) is 2.68. The third kappa shape index (κ3) is 2.86. The molecule has 1 aromatic carbocycles. The number of nitrogens with one attached hydrogen (secondary N) is 1. The number of anilines is 1. The molecular formula is C14H21NO2S. The summed E-state index contributed by atoms with van der Waals surface area (Å²) >= 11 is 0. The van der Waals surface area contributed by atoms with Gasteiger partial charge in [0.25, 0.3) is 0 Å². The van der Waals surface area contributed by atoms with Gasteiger partial charge < -0.3 is 5.32 Å². The van der Waals surface area contributed by atoms with E-state index in [0.717, 1.165) is 24.9 Å². The molecule has 1 aliphatic carbocycles. The molecule has 3 nitrogen and oxygen atoms in total. The molecule has 1 fully saturated rings. The first-order chi connectivity index (χ1) is 8.38. The quantitative estimate of drug-likeness (QED) is 0.916. The van der Waals surface area contributed by atoms with Crippen molar-refractivity contribution in [3.8, 4) is 0 Å². The normalized spacial score (nSPS) is 24.2. The SMILES string of the molecule is Cc1ccc(NC2CCCC2S(C)(=O)=O)cc1C. The largest absolute Gasteiger partial charge is 0.381 e. The number of hydrogen-bond acceptors (Lipinski definition) is 3. The van der Waals surface area contributed by atoms with Crippen molar-refractivity contribution >= 4 is 15.5 Å². The van der Waals surface area contributed by atoms with Gasteiger partial charge in [-0.3, -0.25) is 0 Å². The van der Waals surface area contributed by atoms with Gasteiger partial charge in [-0.2, -0.15) is 0 Å². The Balaban J connectivity index is 2.16. The lowest BCUT2D eigenvalue weighted by Gasteiger charge is -2.21. The lowest BCUT2D eigenvalue weighted by atomic mass is 10.1. The van der Waals surface area contributed by atoms with E-state index in [0.29, 0.717) is 0 Å². The predicted molar refractivity (Wildman–Crippen MR) is 75.8 cm³/mol. The van der Waals surface area contributed by atoms with Gasteiger partial charge >= 0.3 is 0 Å². The molecule has 0 bridgehead atoms.